The Kier molecular flexibility index (Phi) is 4.09. The summed E-state index contributed by atoms with van der Waals surface area (Å²) in [6.45, 7) is 2.41. The van der Waals surface area contributed by atoms with Crippen molar-refractivity contribution in [1.29, 1.82) is 0 Å². The molecule has 0 aromatic heterocycles. The van der Waals surface area contributed by atoms with Gasteiger partial charge in [-0.15, -0.1) is 0 Å². The van der Waals surface area contributed by atoms with Crippen molar-refractivity contribution in [1.82, 2.24) is 4.90 Å². The molecule has 5 aromatic carbocycles. The number of carbonyl (C=O) groups excluding carboxylic acids is 2. The largest absolute Gasteiger partial charge is 0.295 e. The minimum Gasteiger partial charge on any atom is -0.282 e. The summed E-state index contributed by atoms with van der Waals surface area (Å²) in [5, 5.41) is 5.90. The van der Waals surface area contributed by atoms with E-state index in [0.717, 1.165) is 45.2 Å². The monoisotopic (exact) mass is 457 g/mol. The van der Waals surface area contributed by atoms with Crippen molar-refractivity contribution in [3.8, 4) is 0 Å². The van der Waals surface area contributed by atoms with E-state index in [0.29, 0.717) is 28.4 Å². The SMILES string of the molecule is CCCCN1C(=O)c2ccc3c4cccc5c(S(=O)(=O)O)ccc(c6ccc(c2c36)C1=O)c54. The van der Waals surface area contributed by atoms with Crippen LogP contribution in [-0.4, -0.2) is 36.2 Å². The fraction of sp³-hybridized carbons (Fsp3) is 0.154. The first-order chi connectivity index (χ1) is 15.8. The highest BCUT2D eigenvalue weighted by Crippen LogP contribution is 2.44. The summed E-state index contributed by atoms with van der Waals surface area (Å²) in [5.74, 6) is -0.564. The number of imide groups is 1. The lowest BCUT2D eigenvalue weighted by molar-refractivity contribution is 0.0608. The third-order valence-electron chi connectivity index (χ3n) is 6.71. The standard InChI is InChI=1S/C26H19NO5S/c1-2-3-13-27-25(28)19-9-7-16-14-5-4-6-18-21(33(30,31)32)12-11-15(22(14)18)17-8-10-20(26(27)29)24(19)23(16)17/h4-12H,2-3,13H2,1H3,(H,30,31,32). The smallest absolute Gasteiger partial charge is 0.282 e. The number of fused-ring (bicyclic) bond motifs is 2. The molecule has 0 spiro atoms. The predicted molar refractivity (Wildman–Crippen MR) is 128 cm³/mol. The van der Waals surface area contributed by atoms with Gasteiger partial charge in [0, 0.05) is 28.4 Å². The van der Waals surface area contributed by atoms with Crippen LogP contribution in [0.2, 0.25) is 0 Å². The molecule has 0 bridgehead atoms. The summed E-state index contributed by atoms with van der Waals surface area (Å²) < 4.78 is 33.8. The number of nitrogens with zero attached hydrogens (tertiary/aromatic N) is 1. The average molecular weight is 458 g/mol. The fourth-order valence-electron chi connectivity index (χ4n) is 5.26. The summed E-state index contributed by atoms with van der Waals surface area (Å²) in [6, 6.07) is 15.7. The summed E-state index contributed by atoms with van der Waals surface area (Å²) in [6.07, 6.45) is 1.63. The van der Waals surface area contributed by atoms with Crippen molar-refractivity contribution in [2.45, 2.75) is 24.7 Å². The van der Waals surface area contributed by atoms with Gasteiger partial charge >= 0.3 is 0 Å². The summed E-state index contributed by atoms with van der Waals surface area (Å²) in [4.78, 5) is 27.7. The van der Waals surface area contributed by atoms with Crippen LogP contribution in [-0.2, 0) is 10.1 Å². The van der Waals surface area contributed by atoms with E-state index < -0.39 is 10.1 Å². The molecule has 1 aliphatic heterocycles. The number of carbonyl (C=O) groups is 2. The number of benzene rings is 5. The van der Waals surface area contributed by atoms with Crippen LogP contribution in [0.4, 0.5) is 0 Å². The Morgan fingerprint density at radius 2 is 1.27 bits per heavy atom. The van der Waals surface area contributed by atoms with Gasteiger partial charge in [0.2, 0.25) is 0 Å². The molecule has 1 heterocycles. The molecule has 0 fully saturated rings. The number of hydrogen-bond donors (Lipinski definition) is 1. The van der Waals surface area contributed by atoms with Gasteiger partial charge in [-0.05, 0) is 56.9 Å². The van der Waals surface area contributed by atoms with Gasteiger partial charge in [0.05, 0.1) is 0 Å². The van der Waals surface area contributed by atoms with E-state index in [2.05, 4.69) is 0 Å². The van der Waals surface area contributed by atoms with Gasteiger partial charge in [0.25, 0.3) is 21.9 Å². The third-order valence-corrected chi connectivity index (χ3v) is 7.62. The molecule has 7 heteroatoms. The van der Waals surface area contributed by atoms with Gasteiger partial charge in [0.15, 0.2) is 0 Å². The maximum Gasteiger partial charge on any atom is 0.295 e. The number of rotatable bonds is 4. The number of amides is 2. The fourth-order valence-corrected chi connectivity index (χ4v) is 5.94. The van der Waals surface area contributed by atoms with Gasteiger partial charge in [-0.25, -0.2) is 0 Å². The Labute approximate surface area is 189 Å². The molecule has 164 valence electrons. The van der Waals surface area contributed by atoms with E-state index >= 15 is 0 Å². The van der Waals surface area contributed by atoms with E-state index in [-0.39, 0.29) is 16.7 Å². The van der Waals surface area contributed by atoms with Crippen molar-refractivity contribution in [3.05, 3.63) is 65.7 Å². The van der Waals surface area contributed by atoms with Crippen LogP contribution >= 0.6 is 0 Å². The molecule has 33 heavy (non-hydrogen) atoms. The molecule has 0 unspecified atom stereocenters. The van der Waals surface area contributed by atoms with Crippen LogP contribution < -0.4 is 0 Å². The van der Waals surface area contributed by atoms with Gasteiger partial charge in [-0.3, -0.25) is 19.0 Å². The van der Waals surface area contributed by atoms with E-state index in [1.165, 1.54) is 11.0 Å². The summed E-state index contributed by atoms with van der Waals surface area (Å²) >= 11 is 0. The zero-order chi connectivity index (χ0) is 23.1. The number of unbranched alkanes of at least 4 members (excludes halogenated alkanes) is 1. The highest BCUT2D eigenvalue weighted by atomic mass is 32.2. The molecule has 1 aliphatic rings. The minimum atomic E-state index is -4.41. The molecule has 0 aliphatic carbocycles. The van der Waals surface area contributed by atoms with Crippen LogP contribution in [0.25, 0.3) is 43.1 Å². The van der Waals surface area contributed by atoms with E-state index in [9.17, 15) is 22.6 Å². The Morgan fingerprint density at radius 1 is 0.727 bits per heavy atom. The molecule has 0 atom stereocenters. The Balaban J connectivity index is 1.78. The lowest BCUT2D eigenvalue weighted by Gasteiger charge is -2.28. The topological polar surface area (TPSA) is 91.8 Å². The van der Waals surface area contributed by atoms with Crippen molar-refractivity contribution >= 4 is 65.0 Å². The average Bonchev–Trinajstić information content (AvgIpc) is 2.80. The Bertz CT molecular complexity index is 1700. The first kappa shape index (κ1) is 20.1. The third kappa shape index (κ3) is 2.60. The van der Waals surface area contributed by atoms with Crippen LogP contribution in [0.1, 0.15) is 40.5 Å². The van der Waals surface area contributed by atoms with Gasteiger partial charge < -0.3 is 0 Å². The van der Waals surface area contributed by atoms with E-state index in [1.54, 1.807) is 30.3 Å². The second-order valence-corrected chi connectivity index (χ2v) is 9.89. The highest BCUT2D eigenvalue weighted by Gasteiger charge is 2.33. The maximum atomic E-state index is 13.3. The zero-order valence-corrected chi connectivity index (χ0v) is 18.6. The molecule has 5 aromatic rings. The second kappa shape index (κ2) is 6.73. The van der Waals surface area contributed by atoms with Crippen molar-refractivity contribution in [3.63, 3.8) is 0 Å². The van der Waals surface area contributed by atoms with Gasteiger partial charge in [-0.1, -0.05) is 49.7 Å². The van der Waals surface area contributed by atoms with Crippen molar-refractivity contribution in [2.24, 2.45) is 0 Å². The zero-order valence-electron chi connectivity index (χ0n) is 17.8. The van der Waals surface area contributed by atoms with Gasteiger partial charge in [0.1, 0.15) is 4.90 Å². The molecular formula is C26H19NO5S. The Morgan fingerprint density at radius 3 is 1.88 bits per heavy atom. The lowest BCUT2D eigenvalue weighted by Crippen LogP contribution is -2.40. The first-order valence-electron chi connectivity index (χ1n) is 10.8. The minimum absolute atomic E-state index is 0.144. The summed E-state index contributed by atoms with van der Waals surface area (Å²) in [5.41, 5.74) is 1.01. The normalized spacial score (nSPS) is 14.4. The van der Waals surface area contributed by atoms with Crippen LogP contribution in [0, 0.1) is 0 Å². The van der Waals surface area contributed by atoms with Crippen LogP contribution in [0.15, 0.2) is 59.5 Å². The number of hydrogen-bond acceptors (Lipinski definition) is 4. The van der Waals surface area contributed by atoms with Crippen LogP contribution in [0.3, 0.4) is 0 Å². The lowest BCUT2D eigenvalue weighted by atomic mass is 9.85. The maximum absolute atomic E-state index is 13.3. The molecule has 0 saturated carbocycles. The van der Waals surface area contributed by atoms with E-state index in [1.807, 2.05) is 25.1 Å². The molecule has 0 radical (unpaired) electrons. The predicted octanol–water partition coefficient (Wildman–Crippen LogP) is 5.38. The van der Waals surface area contributed by atoms with Crippen molar-refractivity contribution in [2.75, 3.05) is 6.54 Å². The quantitative estimate of drug-likeness (QED) is 0.169. The molecule has 6 rings (SSSR count). The molecule has 0 saturated heterocycles. The second-order valence-electron chi connectivity index (χ2n) is 8.50. The first-order valence-corrected chi connectivity index (χ1v) is 12.3. The van der Waals surface area contributed by atoms with Crippen LogP contribution in [0.5, 0.6) is 0 Å². The molecule has 2 amide bonds. The molecule has 1 N–H and O–H groups in total. The summed E-state index contributed by atoms with van der Waals surface area (Å²) in [7, 11) is -4.41. The van der Waals surface area contributed by atoms with Gasteiger partial charge in [-0.2, -0.15) is 8.42 Å². The Hall–Kier alpha value is -3.55. The molecule has 6 nitrogen and oxygen atoms in total. The van der Waals surface area contributed by atoms with E-state index in [4.69, 9.17) is 0 Å². The van der Waals surface area contributed by atoms with Crippen molar-refractivity contribution < 1.29 is 22.6 Å². The molecular weight excluding hydrogens is 438 g/mol. The highest BCUT2D eigenvalue weighted by molar-refractivity contribution is 7.86.